The van der Waals surface area contributed by atoms with Gasteiger partial charge in [0, 0.05) is 23.2 Å². The molecule has 0 fully saturated rings. The highest BCUT2D eigenvalue weighted by Gasteiger charge is 2.06. The maximum atomic E-state index is 9.76. The lowest BCUT2D eigenvalue weighted by molar-refractivity contribution is -0.137. The first-order valence-electron chi connectivity index (χ1n) is 2.70. The van der Waals surface area contributed by atoms with Crippen LogP contribution >= 0.6 is 12.6 Å². The van der Waals surface area contributed by atoms with E-state index in [1.54, 1.807) is 0 Å². The van der Waals surface area contributed by atoms with Gasteiger partial charge in [-0.25, -0.2) is 4.21 Å². The van der Waals surface area contributed by atoms with Crippen molar-refractivity contribution >= 4 is 38.6 Å². The first-order chi connectivity index (χ1) is 5.18. The molecule has 0 aromatic carbocycles. The van der Waals surface area contributed by atoms with Crippen molar-refractivity contribution in [3.63, 3.8) is 0 Å². The number of hydrogen-bond donors (Lipinski definition) is 4. The van der Waals surface area contributed by atoms with Crippen molar-refractivity contribution in [1.82, 2.24) is 0 Å². The van der Waals surface area contributed by atoms with Crippen molar-refractivity contribution in [1.29, 1.82) is 0 Å². The summed E-state index contributed by atoms with van der Waals surface area (Å²) in [6, 6.07) is -0.816. The van der Waals surface area contributed by atoms with Crippen molar-refractivity contribution in [2.75, 3.05) is 12.0 Å². The highest BCUT2D eigenvalue weighted by atomic mass is 32.8. The van der Waals surface area contributed by atoms with Crippen LogP contribution in [0.5, 0.6) is 0 Å². The molecule has 12 heavy (non-hydrogen) atoms. The minimum Gasteiger partial charge on any atom is -0.480 e. The molecule has 4 N–H and O–H groups in total. The van der Waals surface area contributed by atoms with E-state index in [1.165, 1.54) is 0 Å². The molecule has 2 unspecified atom stereocenters. The van der Waals surface area contributed by atoms with Gasteiger partial charge in [-0.15, -0.1) is 0 Å². The number of carbonyl (C=O) groups is 1. The van der Waals surface area contributed by atoms with Gasteiger partial charge in [0.15, 0.2) is 0 Å². The second-order valence-corrected chi connectivity index (χ2v) is 5.55. The maximum Gasteiger partial charge on any atom is 0.321 e. The number of nitrogens with two attached hydrogens (primary N) is 1. The molecular weight excluding hydrogens is 222 g/mol. The second-order valence-electron chi connectivity index (χ2n) is 1.86. The third kappa shape index (κ3) is 22.5. The summed E-state index contributed by atoms with van der Waals surface area (Å²) in [5.74, 6) is -0.815. The maximum absolute atomic E-state index is 9.76. The van der Waals surface area contributed by atoms with Gasteiger partial charge in [-0.3, -0.25) is 4.79 Å². The summed E-state index contributed by atoms with van der Waals surface area (Å²) in [5, 5.41) is 8.01. The molecule has 0 amide bonds. The van der Waals surface area contributed by atoms with Crippen molar-refractivity contribution in [3.05, 3.63) is 0 Å². The third-order valence-corrected chi connectivity index (χ3v) is 0.907. The number of thiol groups is 1. The Morgan fingerprint density at radius 3 is 2.08 bits per heavy atom. The summed E-state index contributed by atoms with van der Waals surface area (Å²) in [5.41, 5.74) is 4.94. The topological polar surface area (TPSA) is 101 Å². The Morgan fingerprint density at radius 1 is 1.83 bits per heavy atom. The van der Waals surface area contributed by atoms with E-state index in [2.05, 4.69) is 23.8 Å². The highest BCUT2D eigenvalue weighted by Crippen LogP contribution is 1.80. The number of aliphatic carboxylic acids is 1. The largest absolute Gasteiger partial charge is 0.480 e. The Hall–Kier alpha value is 0.110. The molecule has 2 atom stereocenters. The van der Waals surface area contributed by atoms with Gasteiger partial charge in [0.1, 0.15) is 14.8 Å². The predicted molar refractivity (Wildman–Crippen MR) is 53.5 cm³/mol. The van der Waals surface area contributed by atoms with Crippen LogP contribution in [0.4, 0.5) is 0 Å². The molecule has 0 rings (SSSR count). The van der Waals surface area contributed by atoms with E-state index in [9.17, 15) is 9.00 Å². The van der Waals surface area contributed by atoms with Gasteiger partial charge in [0.05, 0.1) is 0 Å². The zero-order valence-corrected chi connectivity index (χ0v) is 8.86. The molecule has 0 spiro atoms. The SMILES string of the molecule is CS(=O)(O)=S.NC(CS)C(=O)O. The van der Waals surface area contributed by atoms with Crippen LogP contribution in [0.1, 0.15) is 0 Å². The Morgan fingerprint density at radius 2 is 2.08 bits per heavy atom. The molecular formula is C4H11NO4S3. The van der Waals surface area contributed by atoms with Crippen molar-refractivity contribution < 1.29 is 18.7 Å². The molecule has 0 heterocycles. The highest BCUT2D eigenvalue weighted by molar-refractivity contribution is 8.29. The zero-order valence-electron chi connectivity index (χ0n) is 6.34. The Balaban J connectivity index is 0. The lowest BCUT2D eigenvalue weighted by Gasteiger charge is -1.96. The number of carboxylic acid groups (broad SMARTS) is 1. The van der Waals surface area contributed by atoms with E-state index in [1.807, 2.05) is 0 Å². The Labute approximate surface area is 81.2 Å². The fourth-order valence-corrected chi connectivity index (χ4v) is 0.234. The van der Waals surface area contributed by atoms with Gasteiger partial charge in [0.25, 0.3) is 0 Å². The van der Waals surface area contributed by atoms with E-state index in [-0.39, 0.29) is 5.75 Å². The third-order valence-electron chi connectivity index (χ3n) is 0.514. The lowest BCUT2D eigenvalue weighted by Crippen LogP contribution is -2.31. The van der Waals surface area contributed by atoms with Crippen LogP contribution in [0.25, 0.3) is 0 Å². The van der Waals surface area contributed by atoms with E-state index in [4.69, 9.17) is 15.4 Å². The van der Waals surface area contributed by atoms with Crippen LogP contribution in [-0.4, -0.2) is 37.9 Å². The molecule has 8 heteroatoms. The van der Waals surface area contributed by atoms with Gasteiger partial charge >= 0.3 is 5.97 Å². The summed E-state index contributed by atoms with van der Waals surface area (Å²) in [6.45, 7) is 0. The molecule has 0 saturated heterocycles. The van der Waals surface area contributed by atoms with Crippen LogP contribution in [0.15, 0.2) is 0 Å². The van der Waals surface area contributed by atoms with Crippen molar-refractivity contribution in [3.8, 4) is 0 Å². The van der Waals surface area contributed by atoms with E-state index in [0.29, 0.717) is 0 Å². The summed E-state index contributed by atoms with van der Waals surface area (Å²) >= 11 is 7.56. The van der Waals surface area contributed by atoms with Crippen LogP contribution < -0.4 is 5.73 Å². The summed E-state index contributed by atoms with van der Waals surface area (Å²) in [4.78, 5) is 9.76. The smallest absolute Gasteiger partial charge is 0.321 e. The summed E-state index contributed by atoms with van der Waals surface area (Å²) in [6.07, 6.45) is 1.09. The summed E-state index contributed by atoms with van der Waals surface area (Å²) < 4.78 is 17.4. The van der Waals surface area contributed by atoms with Crippen LogP contribution in [0.2, 0.25) is 0 Å². The molecule has 0 aromatic heterocycles. The molecule has 0 aromatic rings. The summed E-state index contributed by atoms with van der Waals surface area (Å²) in [7, 11) is -2.83. The van der Waals surface area contributed by atoms with Crippen molar-refractivity contribution in [2.24, 2.45) is 5.73 Å². The normalized spacial score (nSPS) is 16.7. The van der Waals surface area contributed by atoms with Gasteiger partial charge in [-0.1, -0.05) is 0 Å². The van der Waals surface area contributed by atoms with E-state index in [0.717, 1.165) is 6.26 Å². The van der Waals surface area contributed by atoms with Gasteiger partial charge in [-0.05, 0) is 0 Å². The Bertz CT molecular complexity index is 216. The molecule has 0 aliphatic heterocycles. The minimum atomic E-state index is -2.83. The van der Waals surface area contributed by atoms with Crippen LogP contribution in [0, 0.1) is 0 Å². The molecule has 5 nitrogen and oxygen atoms in total. The first-order valence-corrected chi connectivity index (χ1v) is 6.18. The zero-order chi connectivity index (χ0) is 10.4. The number of hydrogen-bond acceptors (Lipinski definition) is 5. The first kappa shape index (κ1) is 14.6. The fraction of sp³-hybridized carbons (Fsp3) is 0.750. The monoisotopic (exact) mass is 233 g/mol. The predicted octanol–water partition coefficient (Wildman–Crippen LogP) is -0.836. The molecule has 0 radical (unpaired) electrons. The molecule has 0 aliphatic carbocycles. The molecule has 74 valence electrons. The molecule has 0 aliphatic rings. The molecule has 0 saturated carbocycles. The number of rotatable bonds is 2. The number of carboxylic acids is 1. The molecule has 0 bridgehead atoms. The van der Waals surface area contributed by atoms with Crippen molar-refractivity contribution in [2.45, 2.75) is 6.04 Å². The standard InChI is InChI=1S/C3H7NO2S.CH4O2S2/c4-2(1-7)3(5)6;1-5(2,3)4/h2,7H,1,4H2,(H,5,6);1H3,(H,2,3,4). The minimum absolute atomic E-state index is 0.190. The quantitative estimate of drug-likeness (QED) is 0.464. The van der Waals surface area contributed by atoms with E-state index < -0.39 is 20.8 Å². The fourth-order valence-electron chi connectivity index (χ4n) is 0.0781. The van der Waals surface area contributed by atoms with Gasteiger partial charge < -0.3 is 15.4 Å². The van der Waals surface area contributed by atoms with E-state index >= 15 is 0 Å². The van der Waals surface area contributed by atoms with Gasteiger partial charge in [0.2, 0.25) is 0 Å². The average Bonchev–Trinajstić information content (AvgIpc) is 1.82. The van der Waals surface area contributed by atoms with Crippen LogP contribution in [0.3, 0.4) is 0 Å². The lowest BCUT2D eigenvalue weighted by atomic mass is 10.4. The Kier molecular flexibility index (Phi) is 8.05. The second kappa shape index (κ2) is 6.61. The van der Waals surface area contributed by atoms with Gasteiger partial charge in [-0.2, -0.15) is 12.6 Å². The van der Waals surface area contributed by atoms with Crippen LogP contribution in [-0.2, 0) is 24.8 Å². The average molecular weight is 233 g/mol.